The van der Waals surface area contributed by atoms with Gasteiger partial charge in [0.1, 0.15) is 4.90 Å². The van der Waals surface area contributed by atoms with Crippen molar-refractivity contribution in [3.05, 3.63) is 11.4 Å². The molecule has 0 aromatic carbocycles. The van der Waals surface area contributed by atoms with E-state index in [-0.39, 0.29) is 24.5 Å². The van der Waals surface area contributed by atoms with Gasteiger partial charge in [-0.1, -0.05) is 0 Å². The zero-order valence-corrected chi connectivity index (χ0v) is 13.2. The Morgan fingerprint density at radius 1 is 1.21 bits per heavy atom. The summed E-state index contributed by atoms with van der Waals surface area (Å²) in [7, 11) is -3.45. The summed E-state index contributed by atoms with van der Waals surface area (Å²) in [5.74, 6) is 0. The molecular weight excluding hydrogens is 288 g/mol. The predicted octanol–water partition coefficient (Wildman–Crippen LogP) is 0.819. The quantitative estimate of drug-likeness (QED) is 0.848. The van der Waals surface area contributed by atoms with Crippen molar-refractivity contribution in [2.75, 3.05) is 13.1 Å². The first-order valence-electron chi connectivity index (χ1n) is 6.10. The molecule has 1 aromatic heterocycles. The lowest BCUT2D eigenvalue weighted by Crippen LogP contribution is -2.55. The Bertz CT molecular complexity index is 513. The second-order valence-corrected chi connectivity index (χ2v) is 6.93. The van der Waals surface area contributed by atoms with Crippen LogP contribution in [0.1, 0.15) is 25.2 Å². The molecule has 1 fully saturated rings. The molecule has 0 saturated carbocycles. The molecule has 2 heterocycles. The average molecular weight is 309 g/mol. The summed E-state index contributed by atoms with van der Waals surface area (Å²) >= 11 is 0. The summed E-state index contributed by atoms with van der Waals surface area (Å²) in [6, 6.07) is 0.326. The number of H-pyrrole nitrogens is 1. The first-order chi connectivity index (χ1) is 8.32. The van der Waals surface area contributed by atoms with E-state index in [1.54, 1.807) is 18.2 Å². The van der Waals surface area contributed by atoms with E-state index in [1.807, 2.05) is 13.8 Å². The summed E-state index contributed by atoms with van der Waals surface area (Å²) < 4.78 is 26.8. The highest BCUT2D eigenvalue weighted by Crippen LogP contribution is 2.23. The van der Waals surface area contributed by atoms with Crippen LogP contribution in [0.4, 0.5) is 0 Å². The van der Waals surface area contributed by atoms with Crippen molar-refractivity contribution in [3.8, 4) is 0 Å². The van der Waals surface area contributed by atoms with E-state index >= 15 is 0 Å². The Labute approximate surface area is 120 Å². The predicted molar refractivity (Wildman–Crippen MR) is 76.1 cm³/mol. The van der Waals surface area contributed by atoms with Crippen LogP contribution in [0.5, 0.6) is 0 Å². The minimum atomic E-state index is -3.45. The molecule has 2 atom stereocenters. The topological polar surface area (TPSA) is 78.1 Å². The lowest BCUT2D eigenvalue weighted by atomic mass is 10.2. The molecule has 0 aliphatic carbocycles. The standard InChI is InChI=1S/C11H20N4O2S.ClH/c1-7-5-15(6-8(2)12-7)18(16,17)11-9(3)13-14-10(11)4;/h7-8,12H,5-6H2,1-4H3,(H,13,14);1H. The number of piperazine rings is 1. The van der Waals surface area contributed by atoms with Crippen molar-refractivity contribution in [3.63, 3.8) is 0 Å². The average Bonchev–Trinajstić information content (AvgIpc) is 2.57. The number of aromatic nitrogens is 2. The summed E-state index contributed by atoms with van der Waals surface area (Å²) in [6.45, 7) is 8.43. The van der Waals surface area contributed by atoms with Gasteiger partial charge in [-0.15, -0.1) is 12.4 Å². The number of hydrogen-bond donors (Lipinski definition) is 2. The summed E-state index contributed by atoms with van der Waals surface area (Å²) in [5, 5.41) is 10.0. The van der Waals surface area contributed by atoms with Gasteiger partial charge in [-0.2, -0.15) is 9.40 Å². The van der Waals surface area contributed by atoms with Crippen molar-refractivity contribution in [2.45, 2.75) is 44.7 Å². The molecule has 0 amide bonds. The molecule has 1 aliphatic heterocycles. The van der Waals surface area contributed by atoms with Crippen molar-refractivity contribution in [1.29, 1.82) is 0 Å². The van der Waals surface area contributed by atoms with E-state index < -0.39 is 10.0 Å². The van der Waals surface area contributed by atoms with Gasteiger partial charge in [0.15, 0.2) is 0 Å². The number of rotatable bonds is 2. The van der Waals surface area contributed by atoms with E-state index in [2.05, 4.69) is 15.5 Å². The second-order valence-electron chi connectivity index (χ2n) is 5.05. The van der Waals surface area contributed by atoms with Crippen molar-refractivity contribution in [1.82, 2.24) is 19.8 Å². The minimum absolute atomic E-state index is 0. The molecule has 19 heavy (non-hydrogen) atoms. The number of aryl methyl sites for hydroxylation is 2. The third-order valence-electron chi connectivity index (χ3n) is 3.18. The summed E-state index contributed by atoms with van der Waals surface area (Å²) in [5.41, 5.74) is 1.14. The molecule has 2 N–H and O–H groups in total. The number of nitrogens with one attached hydrogen (secondary N) is 2. The van der Waals surface area contributed by atoms with Gasteiger partial charge in [0.05, 0.1) is 11.4 Å². The summed E-state index contributed by atoms with van der Waals surface area (Å²) in [4.78, 5) is 0.323. The van der Waals surface area contributed by atoms with Gasteiger partial charge in [-0.3, -0.25) is 5.10 Å². The molecule has 110 valence electrons. The Morgan fingerprint density at radius 2 is 1.74 bits per heavy atom. The highest BCUT2D eigenvalue weighted by molar-refractivity contribution is 7.89. The van der Waals surface area contributed by atoms with Gasteiger partial charge >= 0.3 is 0 Å². The zero-order chi connectivity index (χ0) is 13.5. The monoisotopic (exact) mass is 308 g/mol. The van der Waals surface area contributed by atoms with Gasteiger partial charge in [0.2, 0.25) is 10.0 Å². The molecule has 6 nitrogen and oxygen atoms in total. The fourth-order valence-electron chi connectivity index (χ4n) is 2.52. The van der Waals surface area contributed by atoms with E-state index in [4.69, 9.17) is 0 Å². The van der Waals surface area contributed by atoms with Crippen LogP contribution in [0.2, 0.25) is 0 Å². The fraction of sp³-hybridized carbons (Fsp3) is 0.727. The molecular formula is C11H21ClN4O2S. The van der Waals surface area contributed by atoms with E-state index in [1.165, 1.54) is 0 Å². The first-order valence-corrected chi connectivity index (χ1v) is 7.54. The first kappa shape index (κ1) is 16.4. The van der Waals surface area contributed by atoms with Crippen molar-refractivity contribution >= 4 is 22.4 Å². The number of sulfonamides is 1. The number of hydrogen-bond acceptors (Lipinski definition) is 4. The number of halogens is 1. The van der Waals surface area contributed by atoms with Gasteiger partial charge in [0, 0.05) is 25.2 Å². The van der Waals surface area contributed by atoms with Crippen LogP contribution in [-0.4, -0.2) is 48.1 Å². The van der Waals surface area contributed by atoms with Crippen molar-refractivity contribution in [2.24, 2.45) is 0 Å². The molecule has 0 bridgehead atoms. The molecule has 0 spiro atoms. The number of nitrogens with zero attached hydrogens (tertiary/aromatic N) is 2. The smallest absolute Gasteiger partial charge is 0.246 e. The highest BCUT2D eigenvalue weighted by atomic mass is 35.5. The van der Waals surface area contributed by atoms with Crippen LogP contribution >= 0.6 is 12.4 Å². The van der Waals surface area contributed by atoms with Crippen molar-refractivity contribution < 1.29 is 8.42 Å². The zero-order valence-electron chi connectivity index (χ0n) is 11.6. The maximum absolute atomic E-state index is 12.6. The molecule has 1 aromatic rings. The van der Waals surface area contributed by atoms with E-state index in [9.17, 15) is 8.42 Å². The lowest BCUT2D eigenvalue weighted by molar-refractivity contribution is 0.262. The molecule has 2 unspecified atom stereocenters. The maximum atomic E-state index is 12.6. The number of aromatic amines is 1. The molecule has 8 heteroatoms. The van der Waals surface area contributed by atoms with Crippen LogP contribution in [0.25, 0.3) is 0 Å². The van der Waals surface area contributed by atoms with Crippen LogP contribution in [-0.2, 0) is 10.0 Å². The Balaban J connectivity index is 0.00000180. The van der Waals surface area contributed by atoms with Crippen LogP contribution in [0.3, 0.4) is 0 Å². The second kappa shape index (κ2) is 5.78. The fourth-order valence-corrected chi connectivity index (χ4v) is 4.47. The lowest BCUT2D eigenvalue weighted by Gasteiger charge is -2.35. The Morgan fingerprint density at radius 3 is 2.16 bits per heavy atom. The van der Waals surface area contributed by atoms with Gasteiger partial charge in [-0.05, 0) is 27.7 Å². The van der Waals surface area contributed by atoms with Gasteiger partial charge in [-0.25, -0.2) is 8.42 Å². The van der Waals surface area contributed by atoms with Gasteiger partial charge in [0.25, 0.3) is 0 Å². The summed E-state index contributed by atoms with van der Waals surface area (Å²) in [6.07, 6.45) is 0. The van der Waals surface area contributed by atoms with E-state index in [0.717, 1.165) is 0 Å². The molecule has 2 rings (SSSR count). The van der Waals surface area contributed by atoms with Crippen LogP contribution in [0.15, 0.2) is 4.90 Å². The van der Waals surface area contributed by atoms with Crippen LogP contribution in [0, 0.1) is 13.8 Å². The minimum Gasteiger partial charge on any atom is -0.309 e. The molecule has 1 saturated heterocycles. The van der Waals surface area contributed by atoms with Crippen LogP contribution < -0.4 is 5.32 Å². The van der Waals surface area contributed by atoms with E-state index in [0.29, 0.717) is 29.4 Å². The molecule has 1 aliphatic rings. The largest absolute Gasteiger partial charge is 0.309 e. The third-order valence-corrected chi connectivity index (χ3v) is 5.28. The van der Waals surface area contributed by atoms with Gasteiger partial charge < -0.3 is 5.32 Å². The SMILES string of the molecule is Cc1n[nH]c(C)c1S(=O)(=O)N1CC(C)NC(C)C1.Cl. The Hall–Kier alpha value is -0.630. The molecule has 0 radical (unpaired) electrons. The Kier molecular flexibility index (Phi) is 5.00. The maximum Gasteiger partial charge on any atom is 0.246 e. The third kappa shape index (κ3) is 3.10. The highest BCUT2D eigenvalue weighted by Gasteiger charge is 2.34. The normalized spacial score (nSPS) is 25.1.